The lowest BCUT2D eigenvalue weighted by molar-refractivity contribution is -0.161. The van der Waals surface area contributed by atoms with E-state index in [2.05, 4.69) is 4.98 Å². The summed E-state index contributed by atoms with van der Waals surface area (Å²) in [6.07, 6.45) is -0.350. The zero-order chi connectivity index (χ0) is 16.8. The third-order valence-electron chi connectivity index (χ3n) is 4.86. The van der Waals surface area contributed by atoms with Crippen molar-refractivity contribution in [2.45, 2.75) is 49.8 Å². The fraction of sp³-hybridized carbons (Fsp3) is 0.733. The number of hydrogen-bond donors (Lipinski definition) is 1. The van der Waals surface area contributed by atoms with Crippen LogP contribution in [0.4, 0.5) is 13.2 Å². The molecule has 1 aliphatic heterocycles. The van der Waals surface area contributed by atoms with E-state index in [-0.39, 0.29) is 11.8 Å². The minimum Gasteiger partial charge on any atom is -0.380 e. The molecule has 1 saturated heterocycles. The number of rotatable bonds is 2. The number of aromatic nitrogens is 2. The summed E-state index contributed by atoms with van der Waals surface area (Å²) in [5, 5.41) is 10.2. The Balaban J connectivity index is 1.76. The summed E-state index contributed by atoms with van der Waals surface area (Å²) >= 11 is 0. The number of nitrogens with zero attached hydrogens (tertiary/aromatic N) is 3. The highest BCUT2D eigenvalue weighted by molar-refractivity contribution is 5.86. The van der Waals surface area contributed by atoms with Crippen LogP contribution in [0.15, 0.2) is 6.20 Å². The lowest BCUT2D eigenvalue weighted by Gasteiger charge is -2.42. The van der Waals surface area contributed by atoms with Gasteiger partial charge in [0.25, 0.3) is 5.91 Å². The van der Waals surface area contributed by atoms with E-state index in [4.69, 9.17) is 0 Å². The molecule has 1 saturated carbocycles. The zero-order valence-electron chi connectivity index (χ0n) is 12.9. The second-order valence-electron chi connectivity index (χ2n) is 6.57. The maximum absolute atomic E-state index is 12.8. The Morgan fingerprint density at radius 2 is 2.09 bits per heavy atom. The molecule has 8 heteroatoms. The molecule has 0 bridgehead atoms. The van der Waals surface area contributed by atoms with E-state index in [0.29, 0.717) is 44.6 Å². The smallest absolute Gasteiger partial charge is 0.380 e. The normalized spacial score (nSPS) is 24.4. The first-order chi connectivity index (χ1) is 10.7. The Morgan fingerprint density at radius 1 is 1.39 bits per heavy atom. The molecular formula is C15H20F3N3O2. The van der Waals surface area contributed by atoms with Gasteiger partial charge in [-0.15, -0.1) is 0 Å². The second kappa shape index (κ2) is 5.51. The SMILES string of the molecule is Cn1cc(C(F)(F)F)nc1[C@H]1CCCN(C(=O)C2(O)CCC2)C1. The van der Waals surface area contributed by atoms with Crippen molar-refractivity contribution in [1.29, 1.82) is 0 Å². The van der Waals surface area contributed by atoms with Crippen molar-refractivity contribution < 1.29 is 23.1 Å². The van der Waals surface area contributed by atoms with E-state index in [9.17, 15) is 23.1 Å². The Labute approximate surface area is 132 Å². The number of piperidine rings is 1. The number of amides is 1. The summed E-state index contributed by atoms with van der Waals surface area (Å²) in [5.74, 6) is -0.188. The van der Waals surface area contributed by atoms with Gasteiger partial charge in [-0.25, -0.2) is 4.98 Å². The van der Waals surface area contributed by atoms with E-state index >= 15 is 0 Å². The number of aliphatic hydroxyl groups is 1. The average Bonchev–Trinajstić information content (AvgIpc) is 2.86. The molecule has 128 valence electrons. The first-order valence-corrected chi connectivity index (χ1v) is 7.83. The maximum Gasteiger partial charge on any atom is 0.434 e. The highest BCUT2D eigenvalue weighted by Gasteiger charge is 2.45. The number of carbonyl (C=O) groups excluding carboxylic acids is 1. The van der Waals surface area contributed by atoms with E-state index in [1.165, 1.54) is 11.6 Å². The van der Waals surface area contributed by atoms with Crippen LogP contribution in [-0.2, 0) is 18.0 Å². The van der Waals surface area contributed by atoms with Gasteiger partial charge in [0.05, 0.1) is 0 Å². The van der Waals surface area contributed by atoms with Crippen LogP contribution in [0.1, 0.15) is 49.5 Å². The molecule has 0 unspecified atom stereocenters. The lowest BCUT2D eigenvalue weighted by Crippen LogP contribution is -2.55. The quantitative estimate of drug-likeness (QED) is 0.902. The summed E-state index contributed by atoms with van der Waals surface area (Å²) in [5.41, 5.74) is -2.17. The van der Waals surface area contributed by atoms with Crippen molar-refractivity contribution in [1.82, 2.24) is 14.5 Å². The van der Waals surface area contributed by atoms with E-state index in [1.54, 1.807) is 4.90 Å². The largest absolute Gasteiger partial charge is 0.434 e. The van der Waals surface area contributed by atoms with Crippen molar-refractivity contribution in [2.24, 2.45) is 7.05 Å². The number of likely N-dealkylation sites (tertiary alicyclic amines) is 1. The topological polar surface area (TPSA) is 58.4 Å². The van der Waals surface area contributed by atoms with E-state index in [1.807, 2.05) is 0 Å². The van der Waals surface area contributed by atoms with Gasteiger partial charge >= 0.3 is 6.18 Å². The van der Waals surface area contributed by atoms with Crippen molar-refractivity contribution in [2.75, 3.05) is 13.1 Å². The molecule has 2 fully saturated rings. The van der Waals surface area contributed by atoms with Gasteiger partial charge in [0, 0.05) is 32.3 Å². The predicted molar refractivity (Wildman–Crippen MR) is 75.6 cm³/mol. The Bertz CT molecular complexity index is 608. The molecule has 0 aromatic carbocycles. The summed E-state index contributed by atoms with van der Waals surface area (Å²) in [7, 11) is 1.54. The third-order valence-corrected chi connectivity index (χ3v) is 4.86. The van der Waals surface area contributed by atoms with Crippen molar-refractivity contribution in [3.63, 3.8) is 0 Å². The van der Waals surface area contributed by atoms with Crippen LogP contribution in [0.25, 0.3) is 0 Å². The van der Waals surface area contributed by atoms with Gasteiger partial charge in [-0.2, -0.15) is 13.2 Å². The van der Waals surface area contributed by atoms with Gasteiger partial charge in [0.2, 0.25) is 0 Å². The molecule has 1 amide bonds. The number of aryl methyl sites for hydroxylation is 1. The van der Waals surface area contributed by atoms with Gasteiger partial charge in [-0.05, 0) is 32.1 Å². The number of alkyl halides is 3. The van der Waals surface area contributed by atoms with Crippen LogP contribution in [0.3, 0.4) is 0 Å². The molecular weight excluding hydrogens is 311 g/mol. The predicted octanol–water partition coefficient (Wildman–Crippen LogP) is 2.06. The summed E-state index contributed by atoms with van der Waals surface area (Å²) in [6.45, 7) is 0.845. The molecule has 2 aliphatic rings. The highest BCUT2D eigenvalue weighted by Crippen LogP contribution is 2.36. The minimum absolute atomic E-state index is 0.238. The van der Waals surface area contributed by atoms with Crippen LogP contribution in [0.5, 0.6) is 0 Å². The average molecular weight is 331 g/mol. The standard InChI is InChI=1S/C15H20F3N3O2/c1-20-9-11(15(16,17)18)19-12(20)10-4-2-7-21(8-10)13(22)14(23)5-3-6-14/h9-10,23H,2-8H2,1H3/t10-/m0/s1. The Kier molecular flexibility index (Phi) is 3.90. The Hall–Kier alpha value is -1.57. The first kappa shape index (κ1) is 16.3. The van der Waals surface area contributed by atoms with Crippen LogP contribution in [0.2, 0.25) is 0 Å². The van der Waals surface area contributed by atoms with Crippen molar-refractivity contribution >= 4 is 5.91 Å². The molecule has 2 heterocycles. The van der Waals surface area contributed by atoms with Crippen molar-refractivity contribution in [3.05, 3.63) is 17.7 Å². The van der Waals surface area contributed by atoms with E-state index in [0.717, 1.165) is 12.6 Å². The number of halogens is 3. The molecule has 1 aromatic heterocycles. The third kappa shape index (κ3) is 2.96. The van der Waals surface area contributed by atoms with Gasteiger partial charge in [-0.3, -0.25) is 4.79 Å². The molecule has 0 radical (unpaired) electrons. The monoisotopic (exact) mass is 331 g/mol. The molecule has 23 heavy (non-hydrogen) atoms. The lowest BCUT2D eigenvalue weighted by atomic mass is 9.78. The first-order valence-electron chi connectivity index (χ1n) is 7.83. The fourth-order valence-electron chi connectivity index (χ4n) is 3.39. The summed E-state index contributed by atoms with van der Waals surface area (Å²) < 4.78 is 39.8. The summed E-state index contributed by atoms with van der Waals surface area (Å²) in [6, 6.07) is 0. The van der Waals surface area contributed by atoms with Gasteiger partial charge in [0.15, 0.2) is 5.69 Å². The van der Waals surface area contributed by atoms with E-state index < -0.39 is 17.5 Å². The molecule has 0 spiro atoms. The van der Waals surface area contributed by atoms with Crippen molar-refractivity contribution in [3.8, 4) is 0 Å². The van der Waals surface area contributed by atoms with Gasteiger partial charge < -0.3 is 14.6 Å². The highest BCUT2D eigenvalue weighted by atomic mass is 19.4. The fourth-order valence-corrected chi connectivity index (χ4v) is 3.39. The molecule has 3 rings (SSSR count). The molecule has 1 atom stereocenters. The Morgan fingerprint density at radius 3 is 2.61 bits per heavy atom. The molecule has 5 nitrogen and oxygen atoms in total. The van der Waals surface area contributed by atoms with Crippen LogP contribution < -0.4 is 0 Å². The van der Waals surface area contributed by atoms with Gasteiger partial charge in [0.1, 0.15) is 11.4 Å². The number of hydrogen-bond acceptors (Lipinski definition) is 3. The zero-order valence-corrected chi connectivity index (χ0v) is 12.9. The molecule has 1 aliphatic carbocycles. The minimum atomic E-state index is -4.47. The number of imidazole rings is 1. The maximum atomic E-state index is 12.8. The second-order valence-corrected chi connectivity index (χ2v) is 6.57. The molecule has 1 aromatic rings. The van der Waals surface area contributed by atoms with Gasteiger partial charge in [-0.1, -0.05) is 0 Å². The molecule has 1 N–H and O–H groups in total. The van der Waals surface area contributed by atoms with Crippen LogP contribution >= 0.6 is 0 Å². The number of carbonyl (C=O) groups is 1. The van der Waals surface area contributed by atoms with Crippen LogP contribution in [0, 0.1) is 0 Å². The summed E-state index contributed by atoms with van der Waals surface area (Å²) in [4.78, 5) is 17.7. The van der Waals surface area contributed by atoms with Crippen LogP contribution in [-0.4, -0.2) is 44.2 Å².